The second-order valence-electron chi connectivity index (χ2n) is 6.86. The Balaban J connectivity index is 2.00. The zero-order valence-corrected chi connectivity index (χ0v) is 14.2. The molecule has 2 rings (SSSR count). The summed E-state index contributed by atoms with van der Waals surface area (Å²) in [5, 5.41) is 0. The number of nitrogens with zero attached hydrogens (tertiary/aromatic N) is 1. The van der Waals surface area contributed by atoms with Crippen molar-refractivity contribution in [1.82, 2.24) is 4.90 Å². The van der Waals surface area contributed by atoms with Crippen LogP contribution in [0.5, 0.6) is 0 Å². The third-order valence-electron chi connectivity index (χ3n) is 3.75. The highest BCUT2D eigenvalue weighted by Gasteiger charge is 2.39. The van der Waals surface area contributed by atoms with Crippen molar-refractivity contribution >= 4 is 12.0 Å². The maximum absolute atomic E-state index is 12.3. The number of amides is 2. The Bertz CT molecular complexity index is 550. The SMILES string of the molecule is C[C@H]1[C@@H](OCc2ccccc2)CCC(=O)N1C(=O)OC(C)(C)C. The number of rotatable bonds is 3. The predicted octanol–water partition coefficient (Wildman–Crippen LogP) is 3.52. The molecule has 1 aliphatic heterocycles. The van der Waals surface area contributed by atoms with Gasteiger partial charge in [0.2, 0.25) is 5.91 Å². The molecular weight excluding hydrogens is 294 g/mol. The number of ether oxygens (including phenoxy) is 2. The van der Waals surface area contributed by atoms with Crippen LogP contribution in [0.15, 0.2) is 30.3 Å². The van der Waals surface area contributed by atoms with Gasteiger partial charge in [-0.1, -0.05) is 30.3 Å². The summed E-state index contributed by atoms with van der Waals surface area (Å²) in [4.78, 5) is 25.6. The molecule has 0 radical (unpaired) electrons. The fraction of sp³-hybridized carbons (Fsp3) is 0.556. The van der Waals surface area contributed by atoms with Crippen LogP contribution in [-0.4, -0.2) is 34.6 Å². The maximum Gasteiger partial charge on any atom is 0.417 e. The minimum atomic E-state index is -0.630. The third kappa shape index (κ3) is 4.79. The van der Waals surface area contributed by atoms with E-state index in [9.17, 15) is 9.59 Å². The number of hydrogen-bond acceptors (Lipinski definition) is 4. The van der Waals surface area contributed by atoms with Gasteiger partial charge >= 0.3 is 6.09 Å². The lowest BCUT2D eigenvalue weighted by Crippen LogP contribution is -2.54. The van der Waals surface area contributed by atoms with E-state index in [1.54, 1.807) is 20.8 Å². The number of likely N-dealkylation sites (tertiary alicyclic amines) is 1. The molecule has 2 atom stereocenters. The Morgan fingerprint density at radius 3 is 2.52 bits per heavy atom. The number of benzene rings is 1. The fourth-order valence-electron chi connectivity index (χ4n) is 2.60. The Morgan fingerprint density at radius 2 is 1.91 bits per heavy atom. The average Bonchev–Trinajstić information content (AvgIpc) is 2.45. The smallest absolute Gasteiger partial charge is 0.417 e. The lowest BCUT2D eigenvalue weighted by Gasteiger charge is -2.38. The molecule has 1 aliphatic rings. The molecule has 1 heterocycles. The second-order valence-corrected chi connectivity index (χ2v) is 6.86. The number of carbonyl (C=O) groups excluding carboxylic acids is 2. The van der Waals surface area contributed by atoms with Crippen LogP contribution >= 0.6 is 0 Å². The van der Waals surface area contributed by atoms with Crippen LogP contribution in [0.2, 0.25) is 0 Å². The van der Waals surface area contributed by atoms with Crippen LogP contribution in [0.1, 0.15) is 46.1 Å². The molecule has 0 unspecified atom stereocenters. The highest BCUT2D eigenvalue weighted by Crippen LogP contribution is 2.24. The van der Waals surface area contributed by atoms with Gasteiger partial charge in [-0.3, -0.25) is 4.79 Å². The van der Waals surface area contributed by atoms with Gasteiger partial charge in [0.15, 0.2) is 0 Å². The molecule has 0 N–H and O–H groups in total. The highest BCUT2D eigenvalue weighted by molar-refractivity contribution is 5.93. The molecule has 0 aromatic heterocycles. The van der Waals surface area contributed by atoms with E-state index in [0.717, 1.165) is 5.56 Å². The topological polar surface area (TPSA) is 55.8 Å². The summed E-state index contributed by atoms with van der Waals surface area (Å²) in [5.74, 6) is -0.202. The molecule has 126 valence electrons. The average molecular weight is 319 g/mol. The van der Waals surface area contributed by atoms with Crippen LogP contribution in [0.25, 0.3) is 0 Å². The summed E-state index contributed by atoms with van der Waals surface area (Å²) >= 11 is 0. The van der Waals surface area contributed by atoms with Crippen LogP contribution in [0, 0.1) is 0 Å². The molecule has 0 aliphatic carbocycles. The van der Waals surface area contributed by atoms with Crippen molar-refractivity contribution in [1.29, 1.82) is 0 Å². The summed E-state index contributed by atoms with van der Waals surface area (Å²) in [6.45, 7) is 7.65. The molecule has 1 aromatic carbocycles. The lowest BCUT2D eigenvalue weighted by molar-refractivity contribution is -0.142. The van der Waals surface area contributed by atoms with Crippen molar-refractivity contribution in [3.63, 3.8) is 0 Å². The molecule has 1 saturated heterocycles. The van der Waals surface area contributed by atoms with E-state index >= 15 is 0 Å². The van der Waals surface area contributed by atoms with E-state index in [2.05, 4.69) is 0 Å². The normalized spacial score (nSPS) is 22.1. The summed E-state index contributed by atoms with van der Waals surface area (Å²) in [6, 6.07) is 9.51. The summed E-state index contributed by atoms with van der Waals surface area (Å²) in [7, 11) is 0. The maximum atomic E-state index is 12.3. The molecule has 1 fully saturated rings. The Hall–Kier alpha value is -1.88. The van der Waals surface area contributed by atoms with Crippen LogP contribution in [0.4, 0.5) is 4.79 Å². The largest absolute Gasteiger partial charge is 0.443 e. The third-order valence-corrected chi connectivity index (χ3v) is 3.75. The quantitative estimate of drug-likeness (QED) is 0.855. The molecular formula is C18H25NO4. The van der Waals surface area contributed by atoms with Crippen LogP contribution < -0.4 is 0 Å². The van der Waals surface area contributed by atoms with Crippen molar-refractivity contribution in [2.45, 2.75) is 64.9 Å². The van der Waals surface area contributed by atoms with Crippen LogP contribution in [0.3, 0.4) is 0 Å². The van der Waals surface area contributed by atoms with Gasteiger partial charge in [-0.15, -0.1) is 0 Å². The van der Waals surface area contributed by atoms with Crippen molar-refractivity contribution in [2.75, 3.05) is 0 Å². The first-order valence-corrected chi connectivity index (χ1v) is 7.98. The Kier molecular flexibility index (Phi) is 5.42. The van der Waals surface area contributed by atoms with E-state index < -0.39 is 11.7 Å². The van der Waals surface area contributed by atoms with Gasteiger partial charge in [0.25, 0.3) is 0 Å². The first kappa shape index (κ1) is 17.5. The monoisotopic (exact) mass is 319 g/mol. The zero-order valence-electron chi connectivity index (χ0n) is 14.2. The van der Waals surface area contributed by atoms with Crippen molar-refractivity contribution < 1.29 is 19.1 Å². The minimum Gasteiger partial charge on any atom is -0.443 e. The van der Waals surface area contributed by atoms with E-state index in [1.807, 2.05) is 37.3 Å². The number of hydrogen-bond donors (Lipinski definition) is 0. The van der Waals surface area contributed by atoms with Gasteiger partial charge < -0.3 is 9.47 Å². The first-order valence-electron chi connectivity index (χ1n) is 7.98. The Labute approximate surface area is 137 Å². The summed E-state index contributed by atoms with van der Waals surface area (Å²) in [5.41, 5.74) is 0.440. The van der Waals surface area contributed by atoms with E-state index in [-0.39, 0.29) is 18.1 Å². The number of piperidine rings is 1. The van der Waals surface area contributed by atoms with E-state index in [1.165, 1.54) is 4.90 Å². The fourth-order valence-corrected chi connectivity index (χ4v) is 2.60. The van der Waals surface area contributed by atoms with Gasteiger partial charge in [-0.25, -0.2) is 9.69 Å². The molecule has 2 amide bonds. The predicted molar refractivity (Wildman–Crippen MR) is 86.8 cm³/mol. The molecule has 0 saturated carbocycles. The second kappa shape index (κ2) is 7.13. The molecule has 5 nitrogen and oxygen atoms in total. The summed E-state index contributed by atoms with van der Waals surface area (Å²) in [6.07, 6.45) is 0.137. The highest BCUT2D eigenvalue weighted by atomic mass is 16.6. The Morgan fingerprint density at radius 1 is 1.26 bits per heavy atom. The number of carbonyl (C=O) groups is 2. The molecule has 0 spiro atoms. The van der Waals surface area contributed by atoms with Crippen LogP contribution in [-0.2, 0) is 20.9 Å². The van der Waals surface area contributed by atoms with Crippen molar-refractivity contribution in [3.05, 3.63) is 35.9 Å². The summed E-state index contributed by atoms with van der Waals surface area (Å²) < 4.78 is 11.3. The van der Waals surface area contributed by atoms with Gasteiger partial charge in [0, 0.05) is 6.42 Å². The van der Waals surface area contributed by atoms with Crippen molar-refractivity contribution in [2.24, 2.45) is 0 Å². The molecule has 0 bridgehead atoms. The minimum absolute atomic E-state index is 0.180. The first-order chi connectivity index (χ1) is 10.8. The molecule has 5 heteroatoms. The van der Waals surface area contributed by atoms with Gasteiger partial charge in [0.05, 0.1) is 18.8 Å². The van der Waals surface area contributed by atoms with Gasteiger partial charge in [0.1, 0.15) is 5.60 Å². The molecule has 23 heavy (non-hydrogen) atoms. The standard InChI is InChI=1S/C18H25NO4/c1-13-15(22-12-14-8-6-5-7-9-14)10-11-16(20)19(13)17(21)23-18(2,3)4/h5-9,13,15H,10-12H2,1-4H3/t13-,15-/m0/s1. The van der Waals surface area contributed by atoms with E-state index in [0.29, 0.717) is 19.4 Å². The zero-order chi connectivity index (χ0) is 17.0. The molecule has 1 aromatic rings. The van der Waals surface area contributed by atoms with Crippen molar-refractivity contribution in [3.8, 4) is 0 Å². The van der Waals surface area contributed by atoms with Gasteiger partial charge in [-0.2, -0.15) is 0 Å². The number of imide groups is 1. The van der Waals surface area contributed by atoms with Gasteiger partial charge in [-0.05, 0) is 39.7 Å². The van der Waals surface area contributed by atoms with E-state index in [4.69, 9.17) is 9.47 Å². The lowest BCUT2D eigenvalue weighted by atomic mass is 10.00.